The second-order valence-corrected chi connectivity index (χ2v) is 11.0. The smallest absolute Gasteiger partial charge is 0.258 e. The highest BCUT2D eigenvalue weighted by Gasteiger charge is 2.26. The Hall–Kier alpha value is -3.98. The zero-order valence-corrected chi connectivity index (χ0v) is 22.8. The van der Waals surface area contributed by atoms with Crippen LogP contribution < -0.4 is 14.9 Å². The van der Waals surface area contributed by atoms with Crippen LogP contribution in [0.2, 0.25) is 5.02 Å². The van der Waals surface area contributed by atoms with E-state index in [2.05, 4.69) is 15.2 Å². The minimum absolute atomic E-state index is 0.0835. The molecule has 0 aliphatic rings. The zero-order valence-electron chi connectivity index (χ0n) is 21.3. The van der Waals surface area contributed by atoms with E-state index < -0.39 is 22.0 Å². The van der Waals surface area contributed by atoms with Crippen LogP contribution in [0, 0.1) is 6.92 Å². The van der Waals surface area contributed by atoms with Crippen LogP contribution in [0.15, 0.2) is 113 Å². The largest absolute Gasteiger partial charge is 0.489 e. The number of ether oxygens (including phenoxy) is 1. The zero-order chi connectivity index (χ0) is 27.7. The van der Waals surface area contributed by atoms with Gasteiger partial charge in [0.05, 0.1) is 11.1 Å². The van der Waals surface area contributed by atoms with Gasteiger partial charge in [0.2, 0.25) is 10.0 Å². The number of aryl methyl sites for hydroxylation is 1. The first-order valence-electron chi connectivity index (χ1n) is 12.2. The van der Waals surface area contributed by atoms with Crippen molar-refractivity contribution in [1.82, 2.24) is 10.1 Å². The molecular formula is C30H28ClN3O4S. The van der Waals surface area contributed by atoms with E-state index in [4.69, 9.17) is 16.3 Å². The van der Waals surface area contributed by atoms with Crippen LogP contribution in [0.4, 0.5) is 0 Å². The lowest BCUT2D eigenvalue weighted by Crippen LogP contribution is -2.46. The Balaban J connectivity index is 1.39. The Bertz CT molecular complexity index is 1520. The van der Waals surface area contributed by atoms with Crippen LogP contribution in [0.1, 0.15) is 22.3 Å². The minimum atomic E-state index is -3.94. The Morgan fingerprint density at radius 3 is 2.31 bits per heavy atom. The van der Waals surface area contributed by atoms with Crippen molar-refractivity contribution in [1.29, 1.82) is 0 Å². The topological polar surface area (TPSA) is 96.9 Å². The van der Waals surface area contributed by atoms with Crippen molar-refractivity contribution in [2.75, 3.05) is 0 Å². The molecule has 0 saturated heterocycles. The summed E-state index contributed by atoms with van der Waals surface area (Å²) in [7, 11) is -3.94. The maximum atomic E-state index is 13.0. The van der Waals surface area contributed by atoms with Gasteiger partial charge >= 0.3 is 0 Å². The van der Waals surface area contributed by atoms with Gasteiger partial charge in [-0.05, 0) is 78.6 Å². The lowest BCUT2D eigenvalue weighted by atomic mass is 10.1. The van der Waals surface area contributed by atoms with E-state index in [1.165, 1.54) is 18.3 Å². The molecule has 0 fully saturated rings. The number of carbonyl (C=O) groups excluding carboxylic acids is 1. The molecule has 9 heteroatoms. The monoisotopic (exact) mass is 561 g/mol. The SMILES string of the molecule is Cc1ccc(S(=O)(=O)N[C@H](Cc2ccccc2)C(=O)N/N=C\c2ccc(OCc3cccc(Cl)c3)cc2)cc1. The molecule has 0 bridgehead atoms. The summed E-state index contributed by atoms with van der Waals surface area (Å²) >= 11 is 6.01. The van der Waals surface area contributed by atoms with Gasteiger partial charge < -0.3 is 4.74 Å². The summed E-state index contributed by atoms with van der Waals surface area (Å²) in [6, 6.07) is 29.2. The van der Waals surface area contributed by atoms with Crippen LogP contribution in [0.3, 0.4) is 0 Å². The first-order chi connectivity index (χ1) is 18.8. The Morgan fingerprint density at radius 1 is 0.923 bits per heavy atom. The van der Waals surface area contributed by atoms with Gasteiger partial charge in [0.15, 0.2) is 0 Å². The normalized spacial score (nSPS) is 12.3. The van der Waals surface area contributed by atoms with Gasteiger partial charge in [0, 0.05) is 5.02 Å². The predicted octanol–water partition coefficient (Wildman–Crippen LogP) is 5.27. The molecule has 0 unspecified atom stereocenters. The summed E-state index contributed by atoms with van der Waals surface area (Å²) in [5.41, 5.74) is 5.89. The lowest BCUT2D eigenvalue weighted by molar-refractivity contribution is -0.122. The quantitative estimate of drug-likeness (QED) is 0.193. The molecule has 39 heavy (non-hydrogen) atoms. The second kappa shape index (κ2) is 13.2. The highest BCUT2D eigenvalue weighted by molar-refractivity contribution is 7.89. The van der Waals surface area contributed by atoms with Crippen molar-refractivity contribution in [3.8, 4) is 5.75 Å². The van der Waals surface area contributed by atoms with Gasteiger partial charge in [-0.3, -0.25) is 4.79 Å². The third-order valence-electron chi connectivity index (χ3n) is 5.79. The highest BCUT2D eigenvalue weighted by Crippen LogP contribution is 2.16. The molecule has 1 amide bonds. The molecule has 200 valence electrons. The molecule has 0 radical (unpaired) electrons. The van der Waals surface area contributed by atoms with Crippen LogP contribution in [-0.2, 0) is 27.8 Å². The van der Waals surface area contributed by atoms with E-state index in [1.807, 2.05) is 55.5 Å². The molecule has 0 aliphatic carbocycles. The third-order valence-corrected chi connectivity index (χ3v) is 7.51. The van der Waals surface area contributed by atoms with Crippen molar-refractivity contribution >= 4 is 33.7 Å². The van der Waals surface area contributed by atoms with Gasteiger partial charge in [0.1, 0.15) is 18.4 Å². The fourth-order valence-corrected chi connectivity index (χ4v) is 5.11. The lowest BCUT2D eigenvalue weighted by Gasteiger charge is -2.17. The molecular weight excluding hydrogens is 534 g/mol. The number of hydrogen-bond donors (Lipinski definition) is 2. The summed E-state index contributed by atoms with van der Waals surface area (Å²) in [4.78, 5) is 13.1. The maximum absolute atomic E-state index is 13.0. The molecule has 0 saturated carbocycles. The van der Waals surface area contributed by atoms with E-state index in [0.29, 0.717) is 17.4 Å². The van der Waals surface area contributed by atoms with E-state index in [0.717, 1.165) is 22.3 Å². The van der Waals surface area contributed by atoms with Crippen molar-refractivity contribution in [2.24, 2.45) is 5.10 Å². The molecule has 4 rings (SSSR count). The number of nitrogens with zero attached hydrogens (tertiary/aromatic N) is 1. The molecule has 0 aliphatic heterocycles. The molecule has 7 nitrogen and oxygen atoms in total. The number of hydrazone groups is 1. The predicted molar refractivity (Wildman–Crippen MR) is 153 cm³/mol. The van der Waals surface area contributed by atoms with Crippen LogP contribution in [0.5, 0.6) is 5.75 Å². The number of sulfonamides is 1. The molecule has 1 atom stereocenters. The summed E-state index contributed by atoms with van der Waals surface area (Å²) in [5, 5.41) is 4.69. The molecule has 0 aromatic heterocycles. The molecule has 0 heterocycles. The summed E-state index contributed by atoms with van der Waals surface area (Å²) in [6.45, 7) is 2.25. The number of amides is 1. The molecule has 0 spiro atoms. The van der Waals surface area contributed by atoms with E-state index in [-0.39, 0.29) is 11.3 Å². The first-order valence-corrected chi connectivity index (χ1v) is 14.1. The third kappa shape index (κ3) is 8.51. The summed E-state index contributed by atoms with van der Waals surface area (Å²) in [5.74, 6) is 0.0943. The number of nitrogens with one attached hydrogen (secondary N) is 2. The van der Waals surface area contributed by atoms with Gasteiger partial charge in [0.25, 0.3) is 5.91 Å². The standard InChI is InChI=1S/C30H28ClN3O4S/c1-22-10-16-28(17-11-22)39(36,37)34-29(19-23-6-3-2-4-7-23)30(35)33-32-20-24-12-14-27(15-13-24)38-21-25-8-5-9-26(31)18-25/h2-18,20,29,34H,19,21H2,1H3,(H,33,35)/b32-20-/t29-/m1/s1. The van der Waals surface area contributed by atoms with Crippen molar-refractivity contribution in [2.45, 2.75) is 30.9 Å². The van der Waals surface area contributed by atoms with Crippen molar-refractivity contribution in [3.05, 3.63) is 130 Å². The van der Waals surface area contributed by atoms with Crippen molar-refractivity contribution < 1.29 is 17.9 Å². The van der Waals surface area contributed by atoms with Gasteiger partial charge in [-0.2, -0.15) is 9.82 Å². The van der Waals surface area contributed by atoms with E-state index in [9.17, 15) is 13.2 Å². The van der Waals surface area contributed by atoms with Gasteiger partial charge in [-0.15, -0.1) is 0 Å². The van der Waals surface area contributed by atoms with Crippen LogP contribution in [-0.4, -0.2) is 26.6 Å². The number of carbonyl (C=O) groups is 1. The maximum Gasteiger partial charge on any atom is 0.258 e. The molecule has 2 N–H and O–H groups in total. The first kappa shape index (κ1) is 28.0. The second-order valence-electron chi connectivity index (χ2n) is 8.90. The number of halogens is 1. The van der Waals surface area contributed by atoms with E-state index >= 15 is 0 Å². The van der Waals surface area contributed by atoms with Crippen molar-refractivity contribution in [3.63, 3.8) is 0 Å². The summed E-state index contributed by atoms with van der Waals surface area (Å²) in [6.07, 6.45) is 1.64. The number of hydrogen-bond acceptors (Lipinski definition) is 5. The van der Waals surface area contributed by atoms with Crippen LogP contribution >= 0.6 is 11.6 Å². The molecule has 4 aromatic rings. The summed E-state index contributed by atoms with van der Waals surface area (Å²) < 4.78 is 34.3. The average Bonchev–Trinajstić information content (AvgIpc) is 2.93. The van der Waals surface area contributed by atoms with Gasteiger partial charge in [-0.1, -0.05) is 71.8 Å². The Morgan fingerprint density at radius 2 is 1.62 bits per heavy atom. The van der Waals surface area contributed by atoms with Gasteiger partial charge in [-0.25, -0.2) is 13.8 Å². The fraction of sp³-hybridized carbons (Fsp3) is 0.133. The fourth-order valence-electron chi connectivity index (χ4n) is 3.70. The molecule has 4 aromatic carbocycles. The number of benzene rings is 4. The average molecular weight is 562 g/mol. The highest BCUT2D eigenvalue weighted by atomic mass is 35.5. The Kier molecular flexibility index (Phi) is 9.49. The number of rotatable bonds is 11. The van der Waals surface area contributed by atoms with E-state index in [1.54, 1.807) is 42.5 Å². The van der Waals surface area contributed by atoms with Crippen LogP contribution in [0.25, 0.3) is 0 Å². The minimum Gasteiger partial charge on any atom is -0.489 e. The Labute approximate surface area is 233 Å².